The van der Waals surface area contributed by atoms with Gasteiger partial charge in [0.1, 0.15) is 11.8 Å². The SMILES string of the molecule is CC(C)C(=O)N1c2ccccc2NC2=C(C(=O)CC(C)(C)C2)[C@@H]1c1ccco1. The number of furan rings is 1. The molecule has 1 atom stereocenters. The smallest absolute Gasteiger partial charge is 0.230 e. The van der Waals surface area contributed by atoms with Crippen molar-refractivity contribution < 1.29 is 14.0 Å². The molecule has 146 valence electrons. The number of amides is 1. The van der Waals surface area contributed by atoms with E-state index in [4.69, 9.17) is 4.42 Å². The first-order valence-electron chi connectivity index (χ1n) is 9.77. The number of nitrogens with one attached hydrogen (secondary N) is 1. The third-order valence-corrected chi connectivity index (χ3v) is 5.44. The molecule has 0 spiro atoms. The second-order valence-corrected chi connectivity index (χ2v) is 8.76. The van der Waals surface area contributed by atoms with E-state index in [9.17, 15) is 9.59 Å². The number of benzene rings is 1. The lowest BCUT2D eigenvalue weighted by Gasteiger charge is -2.36. The number of Topliss-reactive ketones (excluding diaryl/α,β-unsaturated/α-hetero) is 1. The first-order chi connectivity index (χ1) is 13.3. The van der Waals surface area contributed by atoms with Crippen molar-refractivity contribution in [1.29, 1.82) is 0 Å². The van der Waals surface area contributed by atoms with Crippen molar-refractivity contribution in [2.75, 3.05) is 10.2 Å². The highest BCUT2D eigenvalue weighted by Gasteiger charge is 2.44. The first-order valence-corrected chi connectivity index (χ1v) is 9.77. The number of nitrogens with zero attached hydrogens (tertiary/aromatic N) is 1. The number of ketones is 1. The van der Waals surface area contributed by atoms with Gasteiger partial charge < -0.3 is 9.73 Å². The molecule has 4 rings (SSSR count). The van der Waals surface area contributed by atoms with E-state index in [1.54, 1.807) is 17.2 Å². The van der Waals surface area contributed by atoms with Crippen LogP contribution in [-0.2, 0) is 9.59 Å². The molecule has 0 radical (unpaired) electrons. The summed E-state index contributed by atoms with van der Waals surface area (Å²) in [5, 5.41) is 3.49. The summed E-state index contributed by atoms with van der Waals surface area (Å²) < 4.78 is 5.74. The van der Waals surface area contributed by atoms with E-state index in [0.29, 0.717) is 17.8 Å². The number of allylic oxidation sites excluding steroid dienone is 1. The minimum absolute atomic E-state index is 0.0398. The van der Waals surface area contributed by atoms with Gasteiger partial charge in [0.2, 0.25) is 5.91 Å². The predicted octanol–water partition coefficient (Wildman–Crippen LogP) is 5.08. The maximum atomic E-state index is 13.4. The normalized spacial score (nSPS) is 21.1. The van der Waals surface area contributed by atoms with Gasteiger partial charge in [0.25, 0.3) is 0 Å². The van der Waals surface area contributed by atoms with E-state index in [2.05, 4.69) is 19.2 Å². The molecule has 1 aromatic heterocycles. The Labute approximate surface area is 165 Å². The Bertz CT molecular complexity index is 954. The van der Waals surface area contributed by atoms with Crippen LogP contribution in [0.2, 0.25) is 0 Å². The van der Waals surface area contributed by atoms with Gasteiger partial charge in [-0.15, -0.1) is 0 Å². The molecule has 2 aliphatic rings. The molecule has 5 nitrogen and oxygen atoms in total. The fraction of sp³-hybridized carbons (Fsp3) is 0.391. The molecule has 1 N–H and O–H groups in total. The van der Waals surface area contributed by atoms with Crippen molar-refractivity contribution in [3.8, 4) is 0 Å². The van der Waals surface area contributed by atoms with E-state index < -0.39 is 6.04 Å². The van der Waals surface area contributed by atoms with Gasteiger partial charge >= 0.3 is 0 Å². The Balaban J connectivity index is 2.00. The Hall–Kier alpha value is -2.82. The van der Waals surface area contributed by atoms with Crippen LogP contribution < -0.4 is 10.2 Å². The molecule has 1 amide bonds. The van der Waals surface area contributed by atoms with Crippen LogP contribution in [-0.4, -0.2) is 11.7 Å². The average molecular weight is 378 g/mol. The van der Waals surface area contributed by atoms with Gasteiger partial charge in [0.15, 0.2) is 5.78 Å². The van der Waals surface area contributed by atoms with E-state index in [0.717, 1.165) is 23.5 Å². The molecule has 0 saturated heterocycles. The van der Waals surface area contributed by atoms with Crippen molar-refractivity contribution >= 4 is 23.1 Å². The van der Waals surface area contributed by atoms with Crippen LogP contribution in [0.4, 0.5) is 11.4 Å². The van der Waals surface area contributed by atoms with Gasteiger partial charge in [-0.1, -0.05) is 39.8 Å². The fourth-order valence-electron chi connectivity index (χ4n) is 4.22. The van der Waals surface area contributed by atoms with Crippen molar-refractivity contribution in [2.45, 2.75) is 46.6 Å². The van der Waals surface area contributed by atoms with Crippen LogP contribution in [0.15, 0.2) is 58.3 Å². The summed E-state index contributed by atoms with van der Waals surface area (Å²) in [6.45, 7) is 7.96. The number of carbonyl (C=O) groups excluding carboxylic acids is 2. The van der Waals surface area contributed by atoms with Gasteiger partial charge in [-0.05, 0) is 36.1 Å². The lowest BCUT2D eigenvalue weighted by atomic mass is 9.74. The second-order valence-electron chi connectivity index (χ2n) is 8.76. The summed E-state index contributed by atoms with van der Waals surface area (Å²) in [6, 6.07) is 10.8. The monoisotopic (exact) mass is 378 g/mol. The van der Waals surface area contributed by atoms with Gasteiger partial charge in [0.05, 0.1) is 17.6 Å². The lowest BCUT2D eigenvalue weighted by molar-refractivity contribution is -0.122. The van der Waals surface area contributed by atoms with Crippen LogP contribution in [0.3, 0.4) is 0 Å². The zero-order valence-electron chi connectivity index (χ0n) is 16.8. The zero-order chi connectivity index (χ0) is 20.1. The molecule has 0 saturated carbocycles. The summed E-state index contributed by atoms with van der Waals surface area (Å²) in [4.78, 5) is 28.4. The third kappa shape index (κ3) is 3.05. The van der Waals surface area contributed by atoms with E-state index in [1.807, 2.05) is 44.2 Å². The molecular formula is C23H26N2O3. The van der Waals surface area contributed by atoms with Crippen LogP contribution in [0.5, 0.6) is 0 Å². The molecule has 0 fully saturated rings. The van der Waals surface area contributed by atoms with Gasteiger partial charge in [-0.25, -0.2) is 0 Å². The summed E-state index contributed by atoms with van der Waals surface area (Å²) in [5.74, 6) is 0.410. The Morgan fingerprint density at radius 3 is 2.61 bits per heavy atom. The highest BCUT2D eigenvalue weighted by atomic mass is 16.3. The van der Waals surface area contributed by atoms with Crippen molar-refractivity contribution in [3.63, 3.8) is 0 Å². The molecule has 0 bridgehead atoms. The van der Waals surface area contributed by atoms with Crippen molar-refractivity contribution in [2.24, 2.45) is 11.3 Å². The molecule has 2 aromatic rings. The fourth-order valence-corrected chi connectivity index (χ4v) is 4.22. The first kappa shape index (κ1) is 18.5. The number of rotatable bonds is 2. The van der Waals surface area contributed by atoms with Crippen LogP contribution >= 0.6 is 0 Å². The minimum atomic E-state index is -0.570. The molecule has 1 aliphatic carbocycles. The Kier molecular flexibility index (Phi) is 4.41. The number of hydrogen-bond acceptors (Lipinski definition) is 4. The van der Waals surface area contributed by atoms with Crippen LogP contribution in [0, 0.1) is 11.3 Å². The number of fused-ring (bicyclic) bond motifs is 1. The number of carbonyl (C=O) groups is 2. The zero-order valence-corrected chi connectivity index (χ0v) is 16.8. The number of para-hydroxylation sites is 2. The summed E-state index contributed by atoms with van der Waals surface area (Å²) >= 11 is 0. The van der Waals surface area contributed by atoms with Gasteiger partial charge in [-0.3, -0.25) is 14.5 Å². The topological polar surface area (TPSA) is 62.6 Å². The Morgan fingerprint density at radius 1 is 1.18 bits per heavy atom. The molecule has 1 aromatic carbocycles. The highest BCUT2D eigenvalue weighted by Crippen LogP contribution is 2.48. The summed E-state index contributed by atoms with van der Waals surface area (Å²) in [7, 11) is 0. The molecule has 2 heterocycles. The van der Waals surface area contributed by atoms with Crippen molar-refractivity contribution in [1.82, 2.24) is 0 Å². The molecule has 28 heavy (non-hydrogen) atoms. The molecule has 5 heteroatoms. The minimum Gasteiger partial charge on any atom is -0.467 e. The summed E-state index contributed by atoms with van der Waals surface area (Å²) in [6.07, 6.45) is 2.78. The molecule has 1 aliphatic heterocycles. The maximum absolute atomic E-state index is 13.4. The van der Waals surface area contributed by atoms with Gasteiger partial charge in [-0.2, -0.15) is 0 Å². The standard InChI is InChI=1S/C23H26N2O3/c1-14(2)22(27)25-17-9-6-5-8-15(17)24-16-12-23(3,4)13-18(26)20(16)21(25)19-10-7-11-28-19/h5-11,14,21,24H,12-13H2,1-4H3/t21-/m0/s1. The molecule has 0 unspecified atom stereocenters. The lowest BCUT2D eigenvalue weighted by Crippen LogP contribution is -2.41. The maximum Gasteiger partial charge on any atom is 0.230 e. The van der Waals surface area contributed by atoms with E-state index in [1.165, 1.54) is 0 Å². The number of anilines is 2. The van der Waals surface area contributed by atoms with Crippen LogP contribution in [0.1, 0.15) is 52.3 Å². The largest absolute Gasteiger partial charge is 0.467 e. The predicted molar refractivity (Wildman–Crippen MR) is 109 cm³/mol. The van der Waals surface area contributed by atoms with Crippen molar-refractivity contribution in [3.05, 3.63) is 59.7 Å². The Morgan fingerprint density at radius 2 is 1.93 bits per heavy atom. The van der Waals surface area contributed by atoms with Gasteiger partial charge in [0, 0.05) is 23.6 Å². The van der Waals surface area contributed by atoms with Crippen LogP contribution in [0.25, 0.3) is 0 Å². The average Bonchev–Trinajstić information content (AvgIpc) is 3.09. The second kappa shape index (κ2) is 6.66. The third-order valence-electron chi connectivity index (χ3n) is 5.44. The summed E-state index contributed by atoms with van der Waals surface area (Å²) in [5.41, 5.74) is 2.99. The molecular weight excluding hydrogens is 352 g/mol. The number of hydrogen-bond donors (Lipinski definition) is 1. The van der Waals surface area contributed by atoms with E-state index >= 15 is 0 Å². The highest BCUT2D eigenvalue weighted by molar-refractivity contribution is 6.06. The quantitative estimate of drug-likeness (QED) is 0.792. The van der Waals surface area contributed by atoms with E-state index in [-0.39, 0.29) is 23.0 Å².